The Kier molecular flexibility index (Phi) is 5.49. The predicted molar refractivity (Wildman–Crippen MR) is 92.4 cm³/mol. The smallest absolute Gasteiger partial charge is 0.407 e. The molecule has 1 aliphatic carbocycles. The number of allylic oxidation sites excluding steroid dienone is 3. The first-order chi connectivity index (χ1) is 11.3. The summed E-state index contributed by atoms with van der Waals surface area (Å²) in [6.45, 7) is 13.0. The molecular formula is C18H24N2O4. The zero-order chi connectivity index (χ0) is 17.7. The summed E-state index contributed by atoms with van der Waals surface area (Å²) in [6, 6.07) is 0. The Labute approximate surface area is 142 Å². The molecule has 0 radical (unpaired) electrons. The van der Waals surface area contributed by atoms with Gasteiger partial charge in [0, 0.05) is 6.42 Å². The number of carbonyl (C=O) groups excluding carboxylic acids is 1. The number of alkyl carbamates (subject to hydrolysis) is 1. The topological polar surface area (TPSA) is 69.2 Å². The summed E-state index contributed by atoms with van der Waals surface area (Å²) in [6.07, 6.45) is 6.07. The molecule has 24 heavy (non-hydrogen) atoms. The normalized spacial score (nSPS) is 20.4. The fraction of sp³-hybridized carbons (Fsp3) is 0.444. The summed E-state index contributed by atoms with van der Waals surface area (Å²) in [5.41, 5.74) is 0.0633. The van der Waals surface area contributed by atoms with Crippen molar-refractivity contribution < 1.29 is 19.0 Å². The second-order valence-electron chi connectivity index (χ2n) is 6.44. The van der Waals surface area contributed by atoms with Gasteiger partial charge in [-0.25, -0.2) is 9.79 Å². The van der Waals surface area contributed by atoms with E-state index in [1.807, 2.05) is 12.2 Å². The van der Waals surface area contributed by atoms with Crippen LogP contribution in [0.2, 0.25) is 0 Å². The van der Waals surface area contributed by atoms with Gasteiger partial charge in [-0.1, -0.05) is 18.7 Å². The monoisotopic (exact) mass is 332 g/mol. The Bertz CT molecular complexity index is 623. The van der Waals surface area contributed by atoms with Gasteiger partial charge in [-0.05, 0) is 40.0 Å². The molecule has 0 aromatic carbocycles. The summed E-state index contributed by atoms with van der Waals surface area (Å²) >= 11 is 0. The van der Waals surface area contributed by atoms with Gasteiger partial charge >= 0.3 is 6.09 Å². The quantitative estimate of drug-likeness (QED) is 0.799. The number of nitrogens with one attached hydrogen (secondary N) is 1. The van der Waals surface area contributed by atoms with E-state index >= 15 is 0 Å². The van der Waals surface area contributed by atoms with Crippen molar-refractivity contribution in [2.75, 3.05) is 6.54 Å². The molecule has 1 heterocycles. The molecule has 6 heteroatoms. The van der Waals surface area contributed by atoms with Crippen molar-refractivity contribution in [1.29, 1.82) is 0 Å². The van der Waals surface area contributed by atoms with Gasteiger partial charge in [-0.3, -0.25) is 0 Å². The van der Waals surface area contributed by atoms with Crippen molar-refractivity contribution in [3.63, 3.8) is 0 Å². The largest absolute Gasteiger partial charge is 0.480 e. The molecule has 0 saturated carbocycles. The zero-order valence-electron chi connectivity index (χ0n) is 14.4. The van der Waals surface area contributed by atoms with Gasteiger partial charge < -0.3 is 19.5 Å². The number of carbonyl (C=O) groups is 1. The summed E-state index contributed by atoms with van der Waals surface area (Å²) in [7, 11) is 0. The van der Waals surface area contributed by atoms with Crippen molar-refractivity contribution in [1.82, 2.24) is 5.32 Å². The van der Waals surface area contributed by atoms with E-state index in [-0.39, 0.29) is 6.54 Å². The van der Waals surface area contributed by atoms with E-state index in [1.54, 1.807) is 26.8 Å². The van der Waals surface area contributed by atoms with E-state index in [0.717, 1.165) is 12.8 Å². The SMILES string of the molecule is C=CC1=C(N=C)OC2=C(C=CCC2)OC1CNC(=O)OC(C)(C)C. The highest BCUT2D eigenvalue weighted by Crippen LogP contribution is 2.31. The average Bonchev–Trinajstić information content (AvgIpc) is 2.66. The number of hydrogen-bond donors (Lipinski definition) is 1. The van der Waals surface area contributed by atoms with Crippen LogP contribution < -0.4 is 5.32 Å². The Morgan fingerprint density at radius 1 is 1.54 bits per heavy atom. The Morgan fingerprint density at radius 3 is 2.92 bits per heavy atom. The summed E-state index contributed by atoms with van der Waals surface area (Å²) in [4.78, 5) is 15.8. The highest BCUT2D eigenvalue weighted by Gasteiger charge is 2.28. The molecule has 1 amide bonds. The Morgan fingerprint density at radius 2 is 2.29 bits per heavy atom. The molecule has 130 valence electrons. The zero-order valence-corrected chi connectivity index (χ0v) is 14.4. The van der Waals surface area contributed by atoms with Gasteiger partial charge in [0.15, 0.2) is 5.76 Å². The second-order valence-corrected chi connectivity index (χ2v) is 6.44. The van der Waals surface area contributed by atoms with Gasteiger partial charge in [0.25, 0.3) is 0 Å². The van der Waals surface area contributed by atoms with Crippen LogP contribution in [0, 0.1) is 0 Å². The third-order valence-corrected chi connectivity index (χ3v) is 3.36. The van der Waals surface area contributed by atoms with Crippen molar-refractivity contribution in [3.8, 4) is 0 Å². The fourth-order valence-electron chi connectivity index (χ4n) is 2.34. The maximum absolute atomic E-state index is 11.9. The van der Waals surface area contributed by atoms with Crippen molar-refractivity contribution in [2.45, 2.75) is 45.3 Å². The van der Waals surface area contributed by atoms with E-state index in [2.05, 4.69) is 23.6 Å². The predicted octanol–water partition coefficient (Wildman–Crippen LogP) is 3.59. The van der Waals surface area contributed by atoms with Crippen LogP contribution in [0.5, 0.6) is 0 Å². The Hall–Kier alpha value is -2.50. The highest BCUT2D eigenvalue weighted by atomic mass is 16.6. The standard InChI is InChI=1S/C18H24N2O4/c1-6-12-15(11-20-17(21)24-18(2,3)4)22-13-9-7-8-10-14(13)23-16(12)19-5/h6-7,9,15H,1,5,8,10-11H2,2-4H3,(H,20,21). The highest BCUT2D eigenvalue weighted by molar-refractivity contribution is 5.67. The molecule has 1 N–H and O–H groups in total. The molecule has 0 aromatic heterocycles. The van der Waals surface area contributed by atoms with Crippen LogP contribution in [0.4, 0.5) is 4.79 Å². The third-order valence-electron chi connectivity index (χ3n) is 3.36. The van der Waals surface area contributed by atoms with Crippen LogP contribution in [-0.4, -0.2) is 31.1 Å². The van der Waals surface area contributed by atoms with Gasteiger partial charge in [-0.2, -0.15) is 0 Å². The number of amides is 1. The van der Waals surface area contributed by atoms with E-state index in [9.17, 15) is 4.79 Å². The first-order valence-electron chi connectivity index (χ1n) is 7.88. The fourth-order valence-corrected chi connectivity index (χ4v) is 2.34. The molecule has 1 unspecified atom stereocenters. The summed E-state index contributed by atoms with van der Waals surface area (Å²) in [5, 5.41) is 2.71. The van der Waals surface area contributed by atoms with Crippen LogP contribution in [0.3, 0.4) is 0 Å². The molecule has 0 spiro atoms. The molecule has 6 nitrogen and oxygen atoms in total. The first kappa shape index (κ1) is 17.8. The number of ether oxygens (including phenoxy) is 3. The Balaban J connectivity index is 2.17. The summed E-state index contributed by atoms with van der Waals surface area (Å²) < 4.78 is 17.1. The third kappa shape index (κ3) is 4.50. The number of aliphatic imine (C=N–C) groups is 1. The lowest BCUT2D eigenvalue weighted by Gasteiger charge is -2.23. The van der Waals surface area contributed by atoms with Crippen LogP contribution in [0.15, 0.2) is 52.8 Å². The number of nitrogens with zero attached hydrogens (tertiary/aromatic N) is 1. The van der Waals surface area contributed by atoms with Crippen LogP contribution in [0.1, 0.15) is 33.6 Å². The molecule has 1 atom stereocenters. The molecule has 0 fully saturated rings. The summed E-state index contributed by atoms with van der Waals surface area (Å²) in [5.74, 6) is 1.69. The molecule has 1 aliphatic heterocycles. The van der Waals surface area contributed by atoms with Gasteiger partial charge in [0.05, 0.1) is 12.1 Å². The van der Waals surface area contributed by atoms with Gasteiger partial charge in [0.2, 0.25) is 5.88 Å². The van der Waals surface area contributed by atoms with Gasteiger partial charge in [0.1, 0.15) is 17.5 Å². The average molecular weight is 332 g/mol. The molecule has 2 aliphatic rings. The van der Waals surface area contributed by atoms with Crippen molar-refractivity contribution in [2.24, 2.45) is 4.99 Å². The molecule has 0 aromatic rings. The maximum atomic E-state index is 11.9. The minimum atomic E-state index is -0.565. The number of rotatable bonds is 4. The number of hydrogen-bond acceptors (Lipinski definition) is 5. The molecule has 0 bridgehead atoms. The van der Waals surface area contributed by atoms with Gasteiger partial charge in [-0.15, -0.1) is 0 Å². The molecule has 0 saturated heterocycles. The lowest BCUT2D eigenvalue weighted by atomic mass is 10.1. The van der Waals surface area contributed by atoms with E-state index in [0.29, 0.717) is 23.0 Å². The van der Waals surface area contributed by atoms with Crippen LogP contribution >= 0.6 is 0 Å². The van der Waals surface area contributed by atoms with Crippen molar-refractivity contribution >= 4 is 12.8 Å². The lowest BCUT2D eigenvalue weighted by molar-refractivity contribution is 0.0493. The van der Waals surface area contributed by atoms with E-state index in [1.165, 1.54) is 0 Å². The minimum Gasteiger partial charge on any atom is -0.480 e. The van der Waals surface area contributed by atoms with Crippen molar-refractivity contribution in [3.05, 3.63) is 47.8 Å². The van der Waals surface area contributed by atoms with Crippen LogP contribution in [-0.2, 0) is 14.2 Å². The lowest BCUT2D eigenvalue weighted by Crippen LogP contribution is -2.38. The maximum Gasteiger partial charge on any atom is 0.407 e. The molecular weight excluding hydrogens is 308 g/mol. The van der Waals surface area contributed by atoms with Crippen LogP contribution in [0.25, 0.3) is 0 Å². The van der Waals surface area contributed by atoms with E-state index in [4.69, 9.17) is 14.2 Å². The van der Waals surface area contributed by atoms with E-state index < -0.39 is 17.8 Å². The second kappa shape index (κ2) is 7.38. The molecule has 2 rings (SSSR count). The first-order valence-corrected chi connectivity index (χ1v) is 7.88. The minimum absolute atomic E-state index is 0.198.